The summed E-state index contributed by atoms with van der Waals surface area (Å²) in [6.45, 7) is 0.135. The van der Waals surface area contributed by atoms with Crippen molar-refractivity contribution in [2.75, 3.05) is 13.1 Å². The molecule has 3 aromatic heterocycles. The number of nitrogens with two attached hydrogens (primary N) is 3. The van der Waals surface area contributed by atoms with Gasteiger partial charge in [0.05, 0.1) is 37.2 Å². The number of thiophene rings is 2. The van der Waals surface area contributed by atoms with Crippen molar-refractivity contribution in [2.45, 2.75) is 120 Å². The monoisotopic (exact) mass is 1020 g/mol. The summed E-state index contributed by atoms with van der Waals surface area (Å²) in [5.41, 5.74) is 20.8. The van der Waals surface area contributed by atoms with E-state index in [1.807, 2.05) is 71.4 Å². The number of carbonyl (C=O) groups is 8. The summed E-state index contributed by atoms with van der Waals surface area (Å²) in [7, 11) is 0. The quantitative estimate of drug-likeness (QED) is 0.112. The largest absolute Gasteiger partial charge is 0.370 e. The molecule has 7 amide bonds. The molecule has 0 spiro atoms. The first-order valence-electron chi connectivity index (χ1n) is 24.6. The lowest BCUT2D eigenvalue weighted by Crippen LogP contribution is -2.57. The first-order valence-corrected chi connectivity index (χ1v) is 26.3. The summed E-state index contributed by atoms with van der Waals surface area (Å²) in [6.07, 6.45) is 5.02. The van der Waals surface area contributed by atoms with Gasteiger partial charge in [-0.2, -0.15) is 0 Å². The second kappa shape index (κ2) is 23.6. The highest BCUT2D eigenvalue weighted by molar-refractivity contribution is 7.17. The molecule has 10 N–H and O–H groups in total. The van der Waals surface area contributed by atoms with Crippen molar-refractivity contribution >= 4 is 79.9 Å². The maximum Gasteiger partial charge on any atom is 0.243 e. The molecule has 7 atom stereocenters. The van der Waals surface area contributed by atoms with Gasteiger partial charge in [0.1, 0.15) is 23.8 Å². The fraction of sp³-hybridized carbons (Fsp3) is 0.451. The van der Waals surface area contributed by atoms with Crippen LogP contribution in [0, 0.1) is 11.8 Å². The zero-order valence-corrected chi connectivity index (χ0v) is 41.5. The second-order valence-corrected chi connectivity index (χ2v) is 20.9. The topological polar surface area (TPSA) is 297 Å². The fourth-order valence-corrected chi connectivity index (χ4v) is 11.8. The maximum absolute atomic E-state index is 15.5. The van der Waals surface area contributed by atoms with Crippen molar-refractivity contribution in [1.29, 1.82) is 0 Å². The van der Waals surface area contributed by atoms with Crippen LogP contribution in [-0.2, 0) is 44.8 Å². The lowest BCUT2D eigenvalue weighted by molar-refractivity contribution is -0.146. The van der Waals surface area contributed by atoms with Gasteiger partial charge in [0, 0.05) is 53.4 Å². The molecule has 3 aliphatic rings. The van der Waals surface area contributed by atoms with Crippen LogP contribution in [0.2, 0.25) is 0 Å². The second-order valence-electron chi connectivity index (χ2n) is 19.1. The minimum atomic E-state index is -1.45. The van der Waals surface area contributed by atoms with E-state index in [2.05, 4.69) is 31.6 Å². The summed E-state index contributed by atoms with van der Waals surface area (Å²) < 4.78 is 2.60. The van der Waals surface area contributed by atoms with Gasteiger partial charge in [0.15, 0.2) is 5.78 Å². The molecule has 1 saturated carbocycles. The van der Waals surface area contributed by atoms with Gasteiger partial charge in [-0.05, 0) is 77.4 Å². The number of hydrogen-bond acceptors (Lipinski definition) is 13. The molecule has 0 bridgehead atoms. The van der Waals surface area contributed by atoms with Crippen LogP contribution in [0.4, 0.5) is 0 Å². The molecule has 2 aromatic carbocycles. The molecule has 5 aromatic rings. The third-order valence-corrected chi connectivity index (χ3v) is 16.0. The zero-order chi connectivity index (χ0) is 50.9. The standard InChI is InChI=1S/C51H61N11O8S2/c52-36-24-46(65)55-19-7-6-12-37(47(54)66)56-49(68)39(21-32-28-72-44-13-5-4-11-34(32)44)58-50(69)41-22-33(62-27-40(59-60-62)30-15-17-31(18-16-30)43-14-8-20-71-43)26-61(41)51(70)35(29-9-2-1-3-10-29)23-42(63)38(25-45(53)64)57-48(36)67/h4-5,8,11,13-18,20,27-29,33,35-39,41H,1-3,6-7,9-10,12,19,21-26,52H2,(H2,53,64)(H2,54,66)(H,55,65)(H,56,68)(H,57,67)(H,58,69)/t33-,35-,36-,37-,38-,39-,41-/m0/s1. The first kappa shape index (κ1) is 51.5. The third kappa shape index (κ3) is 12.6. The number of amides is 7. The van der Waals surface area contributed by atoms with Gasteiger partial charge in [-0.3, -0.25) is 38.4 Å². The van der Waals surface area contributed by atoms with Gasteiger partial charge in [0.25, 0.3) is 0 Å². The minimum absolute atomic E-state index is 0.0113. The Kier molecular flexibility index (Phi) is 16.9. The van der Waals surface area contributed by atoms with Crippen molar-refractivity contribution in [2.24, 2.45) is 29.0 Å². The summed E-state index contributed by atoms with van der Waals surface area (Å²) >= 11 is 3.12. The molecule has 0 unspecified atom stereocenters. The van der Waals surface area contributed by atoms with E-state index in [-0.39, 0.29) is 38.3 Å². The van der Waals surface area contributed by atoms with E-state index in [0.717, 1.165) is 50.9 Å². The molecule has 2 aliphatic heterocycles. The van der Waals surface area contributed by atoms with E-state index in [9.17, 15) is 28.8 Å². The van der Waals surface area contributed by atoms with E-state index in [0.29, 0.717) is 31.4 Å². The highest BCUT2D eigenvalue weighted by Gasteiger charge is 2.46. The number of carbonyl (C=O) groups excluding carboxylic acids is 8. The lowest BCUT2D eigenvalue weighted by atomic mass is 9.76. The van der Waals surface area contributed by atoms with Gasteiger partial charge in [-0.15, -0.1) is 27.8 Å². The van der Waals surface area contributed by atoms with Gasteiger partial charge in [-0.1, -0.05) is 73.0 Å². The maximum atomic E-state index is 15.5. The van der Waals surface area contributed by atoms with Crippen LogP contribution in [0.5, 0.6) is 0 Å². The number of aromatic nitrogens is 3. The molecule has 72 heavy (non-hydrogen) atoms. The number of primary amides is 2. The van der Waals surface area contributed by atoms with Crippen molar-refractivity contribution in [1.82, 2.24) is 41.2 Å². The Bertz CT molecular complexity index is 2770. The van der Waals surface area contributed by atoms with E-state index in [1.165, 1.54) is 16.2 Å². The Hall–Kier alpha value is -6.84. The Morgan fingerprint density at radius 1 is 0.764 bits per heavy atom. The number of ketones is 1. The highest BCUT2D eigenvalue weighted by Crippen LogP contribution is 2.38. The predicted octanol–water partition coefficient (Wildman–Crippen LogP) is 3.26. The summed E-state index contributed by atoms with van der Waals surface area (Å²) in [6, 6.07) is 12.7. The average molecular weight is 1020 g/mol. The van der Waals surface area contributed by atoms with Crippen LogP contribution in [0.1, 0.15) is 88.7 Å². The number of benzene rings is 2. The molecular formula is C51H61N11O8S2. The van der Waals surface area contributed by atoms with Gasteiger partial charge >= 0.3 is 0 Å². The van der Waals surface area contributed by atoms with Crippen molar-refractivity contribution in [3.63, 3.8) is 0 Å². The number of nitrogens with zero attached hydrogens (tertiary/aromatic N) is 4. The van der Waals surface area contributed by atoms with Gasteiger partial charge < -0.3 is 43.4 Å². The molecule has 19 nitrogen and oxygen atoms in total. The zero-order valence-electron chi connectivity index (χ0n) is 39.8. The van der Waals surface area contributed by atoms with Crippen molar-refractivity contribution in [3.8, 4) is 21.7 Å². The Labute approximate surface area is 424 Å². The summed E-state index contributed by atoms with van der Waals surface area (Å²) in [5.74, 6) is -6.79. The molecule has 3 fully saturated rings. The smallest absolute Gasteiger partial charge is 0.243 e. The molecule has 1 aliphatic carbocycles. The number of fused-ring (bicyclic) bond motifs is 2. The third-order valence-electron chi connectivity index (χ3n) is 14.1. The molecule has 5 heterocycles. The molecule has 2 saturated heterocycles. The number of Topliss-reactive ketones (excluding diaryl/α,β-unsaturated/α-hetero) is 1. The van der Waals surface area contributed by atoms with Crippen LogP contribution < -0.4 is 38.5 Å². The van der Waals surface area contributed by atoms with E-state index in [1.54, 1.807) is 22.2 Å². The highest BCUT2D eigenvalue weighted by atomic mass is 32.1. The van der Waals surface area contributed by atoms with Crippen LogP contribution in [0.3, 0.4) is 0 Å². The summed E-state index contributed by atoms with van der Waals surface area (Å²) in [5, 5.41) is 24.8. The number of hydrogen-bond donors (Lipinski definition) is 7. The Morgan fingerprint density at radius 2 is 1.50 bits per heavy atom. The van der Waals surface area contributed by atoms with Crippen LogP contribution in [-0.4, -0.2) is 110 Å². The fourth-order valence-electron chi connectivity index (χ4n) is 10.1. The van der Waals surface area contributed by atoms with Crippen LogP contribution >= 0.6 is 22.7 Å². The van der Waals surface area contributed by atoms with Crippen molar-refractivity contribution < 1.29 is 38.4 Å². The number of nitrogens with one attached hydrogen (secondary N) is 4. The van der Waals surface area contributed by atoms with E-state index >= 15 is 9.59 Å². The average Bonchev–Trinajstić information content (AvgIpc) is 4.22. The van der Waals surface area contributed by atoms with Crippen molar-refractivity contribution in [3.05, 3.63) is 83.2 Å². The Morgan fingerprint density at radius 3 is 2.24 bits per heavy atom. The Balaban J connectivity index is 1.15. The minimum Gasteiger partial charge on any atom is -0.370 e. The molecule has 8 rings (SSSR count). The van der Waals surface area contributed by atoms with Gasteiger partial charge in [0.2, 0.25) is 41.4 Å². The molecule has 21 heteroatoms. The van der Waals surface area contributed by atoms with E-state index < -0.39 is 109 Å². The van der Waals surface area contributed by atoms with E-state index in [4.69, 9.17) is 17.2 Å². The molecule has 0 radical (unpaired) electrons. The van der Waals surface area contributed by atoms with Gasteiger partial charge in [-0.25, -0.2) is 4.68 Å². The predicted molar refractivity (Wildman–Crippen MR) is 271 cm³/mol. The molecule has 380 valence electrons. The molecular weight excluding hydrogens is 959 g/mol. The van der Waals surface area contributed by atoms with Crippen LogP contribution in [0.25, 0.3) is 31.8 Å². The lowest BCUT2D eigenvalue weighted by Gasteiger charge is -2.35. The number of rotatable bonds is 9. The van der Waals surface area contributed by atoms with Crippen LogP contribution in [0.15, 0.2) is 77.6 Å². The first-order chi connectivity index (χ1) is 34.7. The summed E-state index contributed by atoms with van der Waals surface area (Å²) in [4.78, 5) is 114. The SMILES string of the molecule is NC(=O)C[C@@H]1NC(=O)[C@@H](N)CC(=O)NCCCC[C@@H](C(N)=O)NC(=O)[C@H](Cc2csc3ccccc23)NC(=O)[C@@H]2C[C@H](n3cc(-c4ccc(-c5cccs5)cc4)nn3)CN2C(=O)[C@H](C2CCCCC2)CC1=O. The normalized spacial score (nSPS) is 25.0.